The number of fused-ring (bicyclic) bond motifs is 3. The summed E-state index contributed by atoms with van der Waals surface area (Å²) in [5, 5.41) is 56.5. The monoisotopic (exact) mass is 558 g/mol. The molecule has 0 spiro atoms. The van der Waals surface area contributed by atoms with E-state index in [9.17, 15) is 34.8 Å². The first-order chi connectivity index (χ1) is 19.4. The Kier molecular flexibility index (Phi) is 6.95. The Hall–Kier alpha value is -4.50. The number of nitrogens with zero attached hydrogens (tertiary/aromatic N) is 2. The van der Waals surface area contributed by atoms with E-state index < -0.39 is 58.0 Å². The second-order valence-electron chi connectivity index (χ2n) is 10.9. The van der Waals surface area contributed by atoms with Crippen LogP contribution < -0.4 is 11.1 Å². The van der Waals surface area contributed by atoms with Crippen LogP contribution in [0.5, 0.6) is 5.75 Å². The molecule has 0 radical (unpaired) electrons. The molecule has 0 bridgehead atoms. The number of hydrogen-bond donors (Lipinski definition) is 6. The van der Waals surface area contributed by atoms with Gasteiger partial charge in [-0.15, -0.1) is 0 Å². The fourth-order valence-electron chi connectivity index (χ4n) is 6.59. The molecule has 11 heteroatoms. The SMILES string of the molecule is CN(C)C1C(O)=C(C(N)=O)C(=O)[C@]2(O)C(O)=C3C(=O)c4c(O)ccc(-c5ccc(CNCC#N)cc5)c4C[C@@H]3C[C@H]12. The molecule has 4 atom stereocenters. The van der Waals surface area contributed by atoms with Crippen LogP contribution in [0.4, 0.5) is 0 Å². The molecule has 2 aromatic carbocycles. The zero-order chi connectivity index (χ0) is 29.8. The molecule has 0 aliphatic heterocycles. The number of carbonyl (C=O) groups is 3. The van der Waals surface area contributed by atoms with Gasteiger partial charge >= 0.3 is 0 Å². The van der Waals surface area contributed by atoms with E-state index in [0.29, 0.717) is 17.7 Å². The highest BCUT2D eigenvalue weighted by atomic mass is 16.3. The van der Waals surface area contributed by atoms with Gasteiger partial charge in [0, 0.05) is 18.0 Å². The van der Waals surface area contributed by atoms with E-state index in [-0.39, 0.29) is 36.3 Å². The standard InChI is InChI=1S/C30H30N4O7/c1-34(2)24-19-12-16-11-18-17(15-5-3-14(4-6-15)13-33-10-9-31)7-8-20(35)22(18)25(36)21(16)27(38)30(19,41)28(39)23(26(24)37)29(32)40/h3-8,16,19,24,33,35,37-38,41H,10-13H2,1-2H3,(H2,32,40)/t16-,19-,24?,30-/m1/s1. The molecule has 0 aromatic heterocycles. The Labute approximate surface area is 235 Å². The first-order valence-corrected chi connectivity index (χ1v) is 13.1. The number of carbonyl (C=O) groups excluding carboxylic acids is 3. The number of aromatic hydroxyl groups is 1. The minimum Gasteiger partial charge on any atom is -0.510 e. The normalized spacial score (nSPS) is 25.5. The minimum absolute atomic E-state index is 0.0182. The van der Waals surface area contributed by atoms with E-state index in [1.807, 2.05) is 30.3 Å². The number of hydrogen-bond acceptors (Lipinski definition) is 10. The van der Waals surface area contributed by atoms with Crippen molar-refractivity contribution in [1.29, 1.82) is 5.26 Å². The molecule has 0 saturated heterocycles. The molecule has 1 unspecified atom stereocenters. The Morgan fingerprint density at radius 2 is 1.83 bits per heavy atom. The third-order valence-electron chi connectivity index (χ3n) is 8.40. The number of benzene rings is 2. The maximum atomic E-state index is 13.9. The number of rotatable bonds is 6. The molecule has 0 heterocycles. The van der Waals surface area contributed by atoms with Gasteiger partial charge in [0.05, 0.1) is 24.2 Å². The van der Waals surface area contributed by atoms with Crippen LogP contribution in [0.1, 0.15) is 27.9 Å². The number of primary amides is 1. The number of amides is 1. The van der Waals surface area contributed by atoms with E-state index in [2.05, 4.69) is 5.32 Å². The fraction of sp³-hybridized carbons (Fsp3) is 0.333. The highest BCUT2D eigenvalue weighted by molar-refractivity contribution is 6.24. The van der Waals surface area contributed by atoms with Crippen molar-refractivity contribution in [3.63, 3.8) is 0 Å². The van der Waals surface area contributed by atoms with Crippen molar-refractivity contribution < 1.29 is 34.8 Å². The number of aliphatic hydroxyl groups excluding tert-OH is 2. The number of likely N-dealkylation sites (N-methyl/N-ethyl adjacent to an activating group) is 1. The molecular weight excluding hydrogens is 528 g/mol. The number of allylic oxidation sites excluding steroid dienone is 1. The summed E-state index contributed by atoms with van der Waals surface area (Å²) in [6, 6.07) is 11.6. The van der Waals surface area contributed by atoms with Crippen LogP contribution in [0.25, 0.3) is 11.1 Å². The van der Waals surface area contributed by atoms with Crippen LogP contribution in [0.3, 0.4) is 0 Å². The van der Waals surface area contributed by atoms with Crippen molar-refractivity contribution in [1.82, 2.24) is 10.2 Å². The first-order valence-electron chi connectivity index (χ1n) is 13.1. The van der Waals surface area contributed by atoms with E-state index in [1.165, 1.54) is 11.0 Å². The van der Waals surface area contributed by atoms with Gasteiger partial charge in [0.15, 0.2) is 11.4 Å². The van der Waals surface area contributed by atoms with E-state index in [4.69, 9.17) is 11.0 Å². The lowest BCUT2D eigenvalue weighted by Crippen LogP contribution is -2.63. The van der Waals surface area contributed by atoms with Crippen LogP contribution in [0, 0.1) is 23.2 Å². The number of nitrogens with two attached hydrogens (primary N) is 1. The van der Waals surface area contributed by atoms with Crippen LogP contribution in [-0.2, 0) is 22.6 Å². The Morgan fingerprint density at radius 3 is 2.44 bits per heavy atom. The van der Waals surface area contributed by atoms with Crippen molar-refractivity contribution in [3.05, 3.63) is 75.8 Å². The van der Waals surface area contributed by atoms with Gasteiger partial charge in [-0.25, -0.2) is 0 Å². The number of nitrogens with one attached hydrogen (secondary N) is 1. The highest BCUT2D eigenvalue weighted by Gasteiger charge is 2.63. The topological polar surface area (TPSA) is 197 Å². The van der Waals surface area contributed by atoms with Crippen LogP contribution in [-0.4, -0.2) is 75.1 Å². The van der Waals surface area contributed by atoms with Gasteiger partial charge in [-0.3, -0.25) is 19.3 Å². The van der Waals surface area contributed by atoms with Crippen LogP contribution in [0.15, 0.2) is 59.1 Å². The summed E-state index contributed by atoms with van der Waals surface area (Å²) >= 11 is 0. The average molecular weight is 559 g/mol. The zero-order valence-electron chi connectivity index (χ0n) is 22.5. The predicted molar refractivity (Wildman–Crippen MR) is 146 cm³/mol. The molecule has 1 amide bonds. The lowest BCUT2D eigenvalue weighted by Gasteiger charge is -2.50. The summed E-state index contributed by atoms with van der Waals surface area (Å²) in [6.45, 7) is 0.720. The number of Topliss-reactive ketones (excluding diaryl/α,β-unsaturated/α-hetero) is 2. The Bertz CT molecular complexity index is 1580. The summed E-state index contributed by atoms with van der Waals surface area (Å²) in [5.41, 5.74) is 4.61. The van der Waals surface area contributed by atoms with E-state index in [1.54, 1.807) is 20.2 Å². The van der Waals surface area contributed by atoms with Gasteiger partial charge in [0.1, 0.15) is 22.8 Å². The van der Waals surface area contributed by atoms with Gasteiger partial charge in [0.25, 0.3) is 5.91 Å². The third-order valence-corrected chi connectivity index (χ3v) is 8.40. The van der Waals surface area contributed by atoms with E-state index in [0.717, 1.165) is 11.1 Å². The highest BCUT2D eigenvalue weighted by Crippen LogP contribution is 2.53. The second-order valence-corrected chi connectivity index (χ2v) is 10.9. The Morgan fingerprint density at radius 1 is 1.15 bits per heavy atom. The maximum absolute atomic E-state index is 13.9. The summed E-state index contributed by atoms with van der Waals surface area (Å²) in [6.07, 6.45) is 0.216. The third kappa shape index (κ3) is 4.19. The molecule has 11 nitrogen and oxygen atoms in total. The van der Waals surface area contributed by atoms with Gasteiger partial charge in [-0.2, -0.15) is 5.26 Å². The maximum Gasteiger partial charge on any atom is 0.255 e. The number of aliphatic hydroxyl groups is 3. The molecule has 212 valence electrons. The largest absolute Gasteiger partial charge is 0.510 e. The Balaban J connectivity index is 1.62. The fourth-order valence-corrected chi connectivity index (χ4v) is 6.59. The number of nitriles is 1. The van der Waals surface area contributed by atoms with Gasteiger partial charge in [-0.05, 0) is 61.2 Å². The van der Waals surface area contributed by atoms with Crippen molar-refractivity contribution in [2.45, 2.75) is 31.0 Å². The molecule has 0 fully saturated rings. The summed E-state index contributed by atoms with van der Waals surface area (Å²) in [4.78, 5) is 40.9. The summed E-state index contributed by atoms with van der Waals surface area (Å²) in [7, 11) is 3.17. The van der Waals surface area contributed by atoms with Crippen molar-refractivity contribution in [2.75, 3.05) is 20.6 Å². The zero-order valence-corrected chi connectivity index (χ0v) is 22.5. The minimum atomic E-state index is -2.67. The predicted octanol–water partition coefficient (Wildman–Crippen LogP) is 1.40. The lowest BCUT2D eigenvalue weighted by molar-refractivity contribution is -0.148. The lowest BCUT2D eigenvalue weighted by atomic mass is 9.58. The van der Waals surface area contributed by atoms with Crippen LogP contribution >= 0.6 is 0 Å². The van der Waals surface area contributed by atoms with Crippen LogP contribution in [0.2, 0.25) is 0 Å². The van der Waals surface area contributed by atoms with Crippen molar-refractivity contribution in [2.24, 2.45) is 17.6 Å². The van der Waals surface area contributed by atoms with Crippen molar-refractivity contribution in [3.8, 4) is 22.9 Å². The summed E-state index contributed by atoms with van der Waals surface area (Å²) < 4.78 is 0. The number of ketones is 2. The number of phenolic OH excluding ortho intramolecular Hbond substituents is 1. The smallest absolute Gasteiger partial charge is 0.255 e. The second kappa shape index (κ2) is 10.2. The van der Waals surface area contributed by atoms with Gasteiger partial charge < -0.3 is 31.5 Å². The first kappa shape index (κ1) is 28.0. The van der Waals surface area contributed by atoms with E-state index >= 15 is 0 Å². The summed E-state index contributed by atoms with van der Waals surface area (Å²) in [5.74, 6) is -6.82. The molecule has 41 heavy (non-hydrogen) atoms. The quantitative estimate of drug-likeness (QED) is 0.171. The molecule has 0 saturated carbocycles. The molecular formula is C30H30N4O7. The number of phenols is 1. The molecule has 7 N–H and O–H groups in total. The molecule has 3 aliphatic carbocycles. The van der Waals surface area contributed by atoms with Gasteiger partial charge in [0.2, 0.25) is 5.78 Å². The molecule has 5 rings (SSSR count). The van der Waals surface area contributed by atoms with Gasteiger partial charge in [-0.1, -0.05) is 30.3 Å². The molecule has 2 aromatic rings. The van der Waals surface area contributed by atoms with Crippen molar-refractivity contribution >= 4 is 17.5 Å². The average Bonchev–Trinajstić information content (AvgIpc) is 2.91. The molecule has 3 aliphatic rings.